The number of benzene rings is 1. The summed E-state index contributed by atoms with van der Waals surface area (Å²) in [5.74, 6) is -0.879. The van der Waals surface area contributed by atoms with Crippen molar-refractivity contribution in [1.29, 1.82) is 0 Å². The number of halogens is 1. The van der Waals surface area contributed by atoms with E-state index in [0.29, 0.717) is 17.2 Å². The first-order valence-corrected chi connectivity index (χ1v) is 15.0. The smallest absolute Gasteiger partial charge is 0.340 e. The highest BCUT2D eigenvalue weighted by Crippen LogP contribution is 2.55. The van der Waals surface area contributed by atoms with Crippen LogP contribution in [0.15, 0.2) is 30.5 Å². The summed E-state index contributed by atoms with van der Waals surface area (Å²) in [6.45, 7) is -0.536. The van der Waals surface area contributed by atoms with E-state index in [-0.39, 0.29) is 17.7 Å². The molecular formula is C20H24ClN5O8P2. The Morgan fingerprint density at radius 3 is 2.81 bits per heavy atom. The van der Waals surface area contributed by atoms with E-state index in [0.717, 1.165) is 12.8 Å². The molecule has 3 heterocycles. The maximum absolute atomic E-state index is 11.9. The van der Waals surface area contributed by atoms with Gasteiger partial charge in [-0.1, -0.05) is 24.3 Å². The van der Waals surface area contributed by atoms with Gasteiger partial charge in [0.05, 0.1) is 30.6 Å². The van der Waals surface area contributed by atoms with Crippen LogP contribution in [-0.2, 0) is 24.8 Å². The molecule has 0 amide bonds. The van der Waals surface area contributed by atoms with Gasteiger partial charge in [0.1, 0.15) is 12.2 Å². The standard InChI is InChI=1S/C20H24ClN5O8P2/c21-20-24-18(23-13-6-5-11-3-1-2-4-12(11)13)19-22-8-14(26(19)25-20)16-7-15(27)17(34-16)9-33-36(31,32)10-35(28,29)30/h1-4,8,13,15-17,27H,5-7,9-10H2,(H,31,32)(H,23,24,25)(H2,28,29,30)/t13-,15-,16+,17+/m0/s1. The van der Waals surface area contributed by atoms with Gasteiger partial charge in [0.15, 0.2) is 17.4 Å². The largest absolute Gasteiger partial charge is 0.390 e. The van der Waals surface area contributed by atoms with Gasteiger partial charge in [0, 0.05) is 6.42 Å². The number of hydrogen-bond donors (Lipinski definition) is 5. The van der Waals surface area contributed by atoms with Crippen LogP contribution in [0.4, 0.5) is 5.82 Å². The third-order valence-electron chi connectivity index (χ3n) is 6.16. The molecule has 5 rings (SSSR count). The first-order valence-electron chi connectivity index (χ1n) is 11.1. The van der Waals surface area contributed by atoms with Gasteiger partial charge in [0.25, 0.3) is 0 Å². The zero-order valence-electron chi connectivity index (χ0n) is 18.7. The number of anilines is 1. The van der Waals surface area contributed by atoms with Crippen molar-refractivity contribution in [1.82, 2.24) is 19.6 Å². The Morgan fingerprint density at radius 1 is 1.25 bits per heavy atom. The first-order chi connectivity index (χ1) is 17.0. The first kappa shape index (κ1) is 25.7. The number of rotatable bonds is 8. The second-order valence-electron chi connectivity index (χ2n) is 8.79. The number of nitrogens with zero attached hydrogens (tertiary/aromatic N) is 4. The zero-order chi connectivity index (χ0) is 25.7. The lowest BCUT2D eigenvalue weighted by molar-refractivity contribution is -0.0198. The molecule has 1 aliphatic heterocycles. The molecule has 1 aromatic carbocycles. The highest BCUT2D eigenvalue weighted by molar-refractivity contribution is 7.70. The van der Waals surface area contributed by atoms with E-state index < -0.39 is 46.0 Å². The minimum Gasteiger partial charge on any atom is -0.390 e. The van der Waals surface area contributed by atoms with Gasteiger partial charge in [-0.15, -0.1) is 5.10 Å². The summed E-state index contributed by atoms with van der Waals surface area (Å²) < 4.78 is 35.1. The molecule has 0 bridgehead atoms. The van der Waals surface area contributed by atoms with E-state index in [4.69, 9.17) is 30.6 Å². The lowest BCUT2D eigenvalue weighted by atomic mass is 10.1. The van der Waals surface area contributed by atoms with Crippen LogP contribution in [0.5, 0.6) is 0 Å². The zero-order valence-corrected chi connectivity index (χ0v) is 21.3. The quantitative estimate of drug-likeness (QED) is 0.254. The monoisotopic (exact) mass is 559 g/mol. The van der Waals surface area contributed by atoms with Crippen molar-refractivity contribution in [3.05, 3.63) is 52.6 Å². The van der Waals surface area contributed by atoms with E-state index in [1.807, 2.05) is 12.1 Å². The average molecular weight is 560 g/mol. The van der Waals surface area contributed by atoms with E-state index in [1.54, 1.807) is 0 Å². The molecule has 16 heteroatoms. The Kier molecular flexibility index (Phi) is 6.97. The Morgan fingerprint density at radius 2 is 2.03 bits per heavy atom. The summed E-state index contributed by atoms with van der Waals surface area (Å²) in [6.07, 6.45) is 0.680. The van der Waals surface area contributed by atoms with Crippen LogP contribution < -0.4 is 5.32 Å². The summed E-state index contributed by atoms with van der Waals surface area (Å²) in [6, 6.07) is 8.19. The van der Waals surface area contributed by atoms with Gasteiger partial charge in [-0.3, -0.25) is 9.13 Å². The maximum atomic E-state index is 11.9. The van der Waals surface area contributed by atoms with E-state index in [2.05, 4.69) is 32.5 Å². The van der Waals surface area contributed by atoms with Crippen LogP contribution in [0.1, 0.15) is 41.8 Å². The second kappa shape index (κ2) is 9.75. The number of fused-ring (bicyclic) bond motifs is 2. The number of aliphatic hydroxyl groups excluding tert-OH is 1. The highest BCUT2D eigenvalue weighted by Gasteiger charge is 2.39. The Hall–Kier alpha value is -1.92. The lowest BCUT2D eigenvalue weighted by Gasteiger charge is -2.18. The molecule has 1 aliphatic carbocycles. The molecule has 36 heavy (non-hydrogen) atoms. The van der Waals surface area contributed by atoms with Crippen LogP contribution in [-0.4, -0.2) is 64.1 Å². The molecule has 0 saturated carbocycles. The molecule has 1 fully saturated rings. The molecule has 2 aromatic heterocycles. The van der Waals surface area contributed by atoms with Crippen LogP contribution in [0.25, 0.3) is 5.65 Å². The summed E-state index contributed by atoms with van der Waals surface area (Å²) in [5.41, 5.74) is 3.35. The average Bonchev–Trinajstić information content (AvgIpc) is 3.48. The molecule has 5 atom stereocenters. The van der Waals surface area contributed by atoms with Gasteiger partial charge < -0.3 is 34.4 Å². The van der Waals surface area contributed by atoms with Gasteiger partial charge >= 0.3 is 15.2 Å². The lowest BCUT2D eigenvalue weighted by Crippen LogP contribution is -2.26. The van der Waals surface area contributed by atoms with Gasteiger partial charge in [0.2, 0.25) is 5.28 Å². The van der Waals surface area contributed by atoms with Crippen molar-refractivity contribution in [2.45, 2.75) is 43.6 Å². The minimum absolute atomic E-state index is 0.0207. The molecule has 1 unspecified atom stereocenters. The Labute approximate surface area is 210 Å². The predicted molar refractivity (Wildman–Crippen MR) is 128 cm³/mol. The summed E-state index contributed by atoms with van der Waals surface area (Å²) in [4.78, 5) is 36.3. The summed E-state index contributed by atoms with van der Waals surface area (Å²) >= 11 is 6.21. The van der Waals surface area contributed by atoms with Crippen LogP contribution >= 0.6 is 26.8 Å². The molecule has 1 saturated heterocycles. The van der Waals surface area contributed by atoms with Crippen molar-refractivity contribution < 1.29 is 38.2 Å². The third kappa shape index (κ3) is 5.50. The fraction of sp³-hybridized carbons (Fsp3) is 0.450. The predicted octanol–water partition coefficient (Wildman–Crippen LogP) is 2.41. The van der Waals surface area contributed by atoms with Crippen molar-refractivity contribution in [2.24, 2.45) is 0 Å². The van der Waals surface area contributed by atoms with Crippen molar-refractivity contribution in [2.75, 3.05) is 17.8 Å². The van der Waals surface area contributed by atoms with Crippen molar-refractivity contribution in [3.63, 3.8) is 0 Å². The fourth-order valence-electron chi connectivity index (χ4n) is 4.59. The van der Waals surface area contributed by atoms with Crippen LogP contribution in [0.2, 0.25) is 5.28 Å². The molecule has 0 spiro atoms. The topological polar surface area (TPSA) is 189 Å². The van der Waals surface area contributed by atoms with E-state index >= 15 is 0 Å². The van der Waals surface area contributed by atoms with Gasteiger partial charge in [-0.05, 0) is 35.6 Å². The number of hydrogen-bond acceptors (Lipinski definition) is 9. The molecule has 194 valence electrons. The molecule has 5 N–H and O–H groups in total. The Bertz CT molecular complexity index is 1380. The molecule has 2 aliphatic rings. The number of aromatic nitrogens is 4. The van der Waals surface area contributed by atoms with Crippen molar-refractivity contribution in [3.8, 4) is 0 Å². The van der Waals surface area contributed by atoms with Crippen molar-refractivity contribution >= 4 is 38.3 Å². The fourth-order valence-corrected chi connectivity index (χ4v) is 7.32. The molecule has 0 radical (unpaired) electrons. The molecular weight excluding hydrogens is 536 g/mol. The maximum Gasteiger partial charge on any atom is 0.340 e. The number of nitrogens with one attached hydrogen (secondary N) is 1. The number of aliphatic hydroxyl groups is 1. The Balaban J connectivity index is 1.33. The SMILES string of the molecule is O=P(O)(O)CP(=O)(O)OC[C@H]1O[C@@H](c2cnc3c(N[C@H]4CCc5ccccc54)nc(Cl)nn23)C[C@@H]1O. The highest BCUT2D eigenvalue weighted by atomic mass is 35.5. The third-order valence-corrected chi connectivity index (χ3v) is 9.78. The summed E-state index contributed by atoms with van der Waals surface area (Å²) in [7, 11) is -9.35. The summed E-state index contributed by atoms with van der Waals surface area (Å²) in [5, 5.41) is 18.0. The van der Waals surface area contributed by atoms with Gasteiger partial charge in [-0.2, -0.15) is 4.98 Å². The number of aryl methyl sites for hydroxylation is 1. The van der Waals surface area contributed by atoms with E-state index in [1.165, 1.54) is 21.8 Å². The second-order valence-corrected chi connectivity index (χ2v) is 13.1. The van der Waals surface area contributed by atoms with Crippen LogP contribution in [0, 0.1) is 0 Å². The minimum atomic E-state index is -4.77. The molecule has 3 aromatic rings. The number of ether oxygens (including phenoxy) is 1. The normalized spacial score (nSPS) is 25.7. The van der Waals surface area contributed by atoms with Gasteiger partial charge in [-0.25, -0.2) is 9.50 Å². The number of imidazole rings is 1. The molecule has 13 nitrogen and oxygen atoms in total. The van der Waals surface area contributed by atoms with Crippen LogP contribution in [0.3, 0.4) is 0 Å². The van der Waals surface area contributed by atoms with E-state index in [9.17, 15) is 19.1 Å².